The van der Waals surface area contributed by atoms with E-state index in [1.807, 2.05) is 31.2 Å². The third-order valence-corrected chi connectivity index (χ3v) is 5.73. The molecule has 1 saturated heterocycles. The van der Waals surface area contributed by atoms with E-state index in [-0.39, 0.29) is 5.78 Å². The quantitative estimate of drug-likeness (QED) is 0.714. The van der Waals surface area contributed by atoms with Gasteiger partial charge in [0.15, 0.2) is 5.78 Å². The number of likely N-dealkylation sites (tertiary alicyclic amines) is 1. The number of ketones is 1. The Morgan fingerprint density at radius 3 is 3.00 bits per heavy atom. The van der Waals surface area contributed by atoms with E-state index < -0.39 is 0 Å². The van der Waals surface area contributed by atoms with Crippen LogP contribution in [0, 0.1) is 6.92 Å². The maximum Gasteiger partial charge on any atom is 0.179 e. The highest BCUT2D eigenvalue weighted by molar-refractivity contribution is 7.10. The molecule has 4 rings (SSSR count). The van der Waals surface area contributed by atoms with Gasteiger partial charge in [0, 0.05) is 33.1 Å². The van der Waals surface area contributed by atoms with Crippen molar-refractivity contribution in [3.05, 3.63) is 57.9 Å². The number of para-hydroxylation sites is 1. The Morgan fingerprint density at radius 1 is 1.30 bits per heavy atom. The van der Waals surface area contributed by atoms with Gasteiger partial charge in [0.25, 0.3) is 0 Å². The first-order valence-electron chi connectivity index (χ1n) is 8.12. The molecule has 23 heavy (non-hydrogen) atoms. The van der Waals surface area contributed by atoms with Gasteiger partial charge in [-0.25, -0.2) is 0 Å². The summed E-state index contributed by atoms with van der Waals surface area (Å²) in [5, 5.41) is 3.17. The highest BCUT2D eigenvalue weighted by Gasteiger charge is 2.29. The number of hydrogen-bond donors (Lipinski definition) is 1. The van der Waals surface area contributed by atoms with Gasteiger partial charge in [0.05, 0.1) is 6.54 Å². The molecule has 1 fully saturated rings. The van der Waals surface area contributed by atoms with Crippen molar-refractivity contribution in [2.75, 3.05) is 13.1 Å². The number of Topliss-reactive ketones (excluding diaryl/α,β-unsaturated/α-hetero) is 1. The van der Waals surface area contributed by atoms with Crippen LogP contribution in [0.15, 0.2) is 41.8 Å². The van der Waals surface area contributed by atoms with E-state index in [0.29, 0.717) is 12.6 Å². The van der Waals surface area contributed by atoms with Gasteiger partial charge in [0.2, 0.25) is 0 Å². The van der Waals surface area contributed by atoms with Gasteiger partial charge in [-0.2, -0.15) is 0 Å². The Balaban J connectivity index is 1.61. The van der Waals surface area contributed by atoms with Crippen molar-refractivity contribution in [2.24, 2.45) is 0 Å². The highest BCUT2D eigenvalue weighted by Crippen LogP contribution is 2.34. The number of carbonyl (C=O) groups is 1. The van der Waals surface area contributed by atoms with Crippen molar-refractivity contribution in [3.63, 3.8) is 0 Å². The lowest BCUT2D eigenvalue weighted by molar-refractivity contribution is 0.0923. The van der Waals surface area contributed by atoms with E-state index in [4.69, 9.17) is 0 Å². The Kier molecular flexibility index (Phi) is 3.79. The van der Waals surface area contributed by atoms with Crippen LogP contribution in [0.25, 0.3) is 10.9 Å². The van der Waals surface area contributed by atoms with E-state index in [9.17, 15) is 4.79 Å². The number of benzene rings is 1. The van der Waals surface area contributed by atoms with Gasteiger partial charge in [-0.05, 0) is 43.8 Å². The Morgan fingerprint density at radius 2 is 2.17 bits per heavy atom. The number of nitrogens with zero attached hydrogens (tertiary/aromatic N) is 1. The molecule has 0 amide bonds. The Labute approximate surface area is 139 Å². The molecule has 3 heterocycles. The van der Waals surface area contributed by atoms with Crippen molar-refractivity contribution in [2.45, 2.75) is 25.8 Å². The predicted octanol–water partition coefficient (Wildman–Crippen LogP) is 4.56. The molecule has 1 atom stereocenters. The topological polar surface area (TPSA) is 36.1 Å². The van der Waals surface area contributed by atoms with Crippen molar-refractivity contribution >= 4 is 28.0 Å². The molecule has 0 spiro atoms. The van der Waals surface area contributed by atoms with E-state index in [0.717, 1.165) is 35.1 Å². The van der Waals surface area contributed by atoms with Gasteiger partial charge >= 0.3 is 0 Å². The molecule has 0 radical (unpaired) electrons. The van der Waals surface area contributed by atoms with Crippen LogP contribution >= 0.6 is 11.3 Å². The molecule has 0 aliphatic carbocycles. The number of thiophene rings is 1. The fourth-order valence-electron chi connectivity index (χ4n) is 3.72. The molecule has 1 aromatic carbocycles. The lowest BCUT2D eigenvalue weighted by Gasteiger charge is -2.22. The average Bonchev–Trinajstić information content (AvgIpc) is 3.24. The molecule has 4 heteroatoms. The molecular formula is C19H20N2OS. The number of aryl methyl sites for hydroxylation is 1. The first kappa shape index (κ1) is 14.7. The van der Waals surface area contributed by atoms with Crippen LogP contribution in [0.3, 0.4) is 0 Å². The maximum absolute atomic E-state index is 13.0. The zero-order valence-corrected chi connectivity index (χ0v) is 14.0. The monoisotopic (exact) mass is 324 g/mol. The number of rotatable bonds is 4. The third-order valence-electron chi connectivity index (χ3n) is 4.75. The van der Waals surface area contributed by atoms with Gasteiger partial charge in [0.1, 0.15) is 0 Å². The first-order chi connectivity index (χ1) is 11.2. The lowest BCUT2D eigenvalue weighted by atomic mass is 10.1. The van der Waals surface area contributed by atoms with Crippen molar-refractivity contribution in [3.8, 4) is 0 Å². The lowest BCUT2D eigenvalue weighted by Crippen LogP contribution is -2.29. The van der Waals surface area contributed by atoms with Gasteiger partial charge in [-0.15, -0.1) is 11.3 Å². The molecule has 0 unspecified atom stereocenters. The molecular weight excluding hydrogens is 304 g/mol. The Bertz CT molecular complexity index is 834. The fraction of sp³-hybridized carbons (Fsp3) is 0.316. The number of carbonyl (C=O) groups excluding carboxylic acids is 1. The third kappa shape index (κ3) is 2.62. The number of fused-ring (bicyclic) bond motifs is 1. The maximum atomic E-state index is 13.0. The molecule has 0 bridgehead atoms. The SMILES string of the molecule is Cc1[nH]c2ccccc2c1C(=O)CN1CCC[C@H]1c1cccs1. The van der Waals surface area contributed by atoms with Crippen LogP contribution in [0.2, 0.25) is 0 Å². The minimum Gasteiger partial charge on any atom is -0.358 e. The molecule has 1 N–H and O–H groups in total. The standard InChI is InChI=1S/C19H20N2OS/c1-13-19(14-6-2-3-7-15(14)20-13)17(22)12-21-10-4-8-16(21)18-9-5-11-23-18/h2-3,5-7,9,11,16,20H,4,8,10,12H2,1H3/t16-/m0/s1. The minimum absolute atomic E-state index is 0.225. The summed E-state index contributed by atoms with van der Waals surface area (Å²) >= 11 is 1.80. The van der Waals surface area contributed by atoms with Crippen molar-refractivity contribution in [1.82, 2.24) is 9.88 Å². The summed E-state index contributed by atoms with van der Waals surface area (Å²) in [5.74, 6) is 0.225. The summed E-state index contributed by atoms with van der Waals surface area (Å²) in [4.78, 5) is 20.0. The molecule has 3 nitrogen and oxygen atoms in total. The minimum atomic E-state index is 0.225. The van der Waals surface area contributed by atoms with Crippen LogP contribution in [-0.4, -0.2) is 28.8 Å². The van der Waals surface area contributed by atoms with Crippen molar-refractivity contribution in [1.29, 1.82) is 0 Å². The number of aromatic nitrogens is 1. The molecule has 118 valence electrons. The van der Waals surface area contributed by atoms with Crippen LogP contribution in [0.1, 0.15) is 39.8 Å². The van der Waals surface area contributed by atoms with Crippen LogP contribution in [0.5, 0.6) is 0 Å². The van der Waals surface area contributed by atoms with Gasteiger partial charge in [-0.3, -0.25) is 9.69 Å². The van der Waals surface area contributed by atoms with Gasteiger partial charge in [-0.1, -0.05) is 24.3 Å². The zero-order chi connectivity index (χ0) is 15.8. The summed E-state index contributed by atoms with van der Waals surface area (Å²) in [6, 6.07) is 12.8. The van der Waals surface area contributed by atoms with Crippen LogP contribution < -0.4 is 0 Å². The largest absolute Gasteiger partial charge is 0.358 e. The summed E-state index contributed by atoms with van der Waals surface area (Å²) in [6.45, 7) is 3.51. The molecule has 2 aromatic heterocycles. The average molecular weight is 324 g/mol. The van der Waals surface area contributed by atoms with Crippen molar-refractivity contribution < 1.29 is 4.79 Å². The number of H-pyrrole nitrogens is 1. The number of hydrogen-bond acceptors (Lipinski definition) is 3. The molecule has 0 saturated carbocycles. The predicted molar refractivity (Wildman–Crippen MR) is 95.2 cm³/mol. The van der Waals surface area contributed by atoms with Gasteiger partial charge < -0.3 is 4.98 Å². The smallest absolute Gasteiger partial charge is 0.179 e. The Hall–Kier alpha value is -1.91. The van der Waals surface area contributed by atoms with E-state index in [1.54, 1.807) is 11.3 Å². The first-order valence-corrected chi connectivity index (χ1v) is 9.00. The van der Waals surface area contributed by atoms with E-state index >= 15 is 0 Å². The second-order valence-electron chi connectivity index (χ2n) is 6.24. The second kappa shape index (κ2) is 5.95. The molecule has 3 aromatic rings. The summed E-state index contributed by atoms with van der Waals surface area (Å²) in [5.41, 5.74) is 2.88. The van der Waals surface area contributed by atoms with E-state index in [2.05, 4.69) is 27.4 Å². The van der Waals surface area contributed by atoms with Crippen LogP contribution in [0.4, 0.5) is 0 Å². The van der Waals surface area contributed by atoms with E-state index in [1.165, 1.54) is 11.3 Å². The summed E-state index contributed by atoms with van der Waals surface area (Å²) in [6.07, 6.45) is 2.32. The molecule has 1 aliphatic rings. The molecule has 1 aliphatic heterocycles. The number of nitrogens with one attached hydrogen (secondary N) is 1. The summed E-state index contributed by atoms with van der Waals surface area (Å²) < 4.78 is 0. The normalized spacial score (nSPS) is 18.7. The van der Waals surface area contributed by atoms with Crippen LogP contribution in [-0.2, 0) is 0 Å². The highest BCUT2D eigenvalue weighted by atomic mass is 32.1. The number of aromatic amines is 1. The zero-order valence-electron chi connectivity index (χ0n) is 13.2. The summed E-state index contributed by atoms with van der Waals surface area (Å²) in [7, 11) is 0. The fourth-order valence-corrected chi connectivity index (χ4v) is 4.61. The second-order valence-corrected chi connectivity index (χ2v) is 7.22.